The van der Waals surface area contributed by atoms with E-state index in [1.807, 2.05) is 30.1 Å². The molecule has 2 N–H and O–H groups in total. The number of hydrogen-bond donors (Lipinski definition) is 2. The molecule has 0 bridgehead atoms. The Kier molecular flexibility index (Phi) is 3.63. The van der Waals surface area contributed by atoms with Crippen LogP contribution in [0.1, 0.15) is 24.5 Å². The number of likely N-dealkylation sites (tertiary alicyclic amines) is 1. The van der Waals surface area contributed by atoms with Crippen LogP contribution >= 0.6 is 0 Å². The third-order valence-corrected chi connectivity index (χ3v) is 3.23. The molecule has 1 atom stereocenters. The van der Waals surface area contributed by atoms with Crippen molar-refractivity contribution in [2.45, 2.75) is 25.0 Å². The molecule has 0 saturated carbocycles. The smallest absolute Gasteiger partial charge is 0.0931 e. The molecule has 1 unspecified atom stereocenters. The molecule has 1 fully saturated rings. The van der Waals surface area contributed by atoms with Gasteiger partial charge < -0.3 is 19.7 Å². The molecule has 1 aromatic heterocycles. The molecular weight excluding hydrogens is 204 g/mol. The highest BCUT2D eigenvalue weighted by Crippen LogP contribution is 2.17. The zero-order valence-corrected chi connectivity index (χ0v) is 9.71. The second-order valence-corrected chi connectivity index (χ2v) is 4.66. The molecule has 0 spiro atoms. The number of piperidine rings is 1. The van der Waals surface area contributed by atoms with Gasteiger partial charge in [0.2, 0.25) is 0 Å². The van der Waals surface area contributed by atoms with Crippen molar-refractivity contribution >= 4 is 0 Å². The second-order valence-electron chi connectivity index (χ2n) is 4.66. The lowest BCUT2D eigenvalue weighted by Crippen LogP contribution is -2.38. The molecule has 1 saturated heterocycles. The van der Waals surface area contributed by atoms with Crippen LogP contribution in [0.15, 0.2) is 18.5 Å². The third-order valence-electron chi connectivity index (χ3n) is 3.23. The first kappa shape index (κ1) is 11.6. The predicted octanol–water partition coefficient (Wildman–Crippen LogP) is 0.515. The quantitative estimate of drug-likeness (QED) is 0.786. The molecule has 4 heteroatoms. The zero-order valence-electron chi connectivity index (χ0n) is 9.71. The van der Waals surface area contributed by atoms with E-state index in [1.54, 1.807) is 0 Å². The van der Waals surface area contributed by atoms with Gasteiger partial charge in [-0.3, -0.25) is 0 Å². The largest absolute Gasteiger partial charge is 0.393 e. The normalized spacial score (nSPS) is 21.2. The molecule has 2 heterocycles. The van der Waals surface area contributed by atoms with Crippen LogP contribution in [0.5, 0.6) is 0 Å². The summed E-state index contributed by atoms with van der Waals surface area (Å²) in [7, 11) is 1.95. The summed E-state index contributed by atoms with van der Waals surface area (Å²) in [6, 6.07) is 1.95. The number of aliphatic hydroxyl groups is 2. The molecule has 4 nitrogen and oxygen atoms in total. The summed E-state index contributed by atoms with van der Waals surface area (Å²) in [4.78, 5) is 2.21. The maximum atomic E-state index is 10.0. The predicted molar refractivity (Wildman–Crippen MR) is 62.1 cm³/mol. The van der Waals surface area contributed by atoms with E-state index in [1.165, 1.54) is 0 Å². The van der Waals surface area contributed by atoms with Crippen LogP contribution in [-0.2, 0) is 7.05 Å². The van der Waals surface area contributed by atoms with Gasteiger partial charge in [0.1, 0.15) is 0 Å². The molecule has 0 aliphatic carbocycles. The van der Waals surface area contributed by atoms with E-state index in [0.29, 0.717) is 6.54 Å². The SMILES string of the molecule is Cn1ccc(C(O)CN2CCC(O)CC2)c1. The number of aryl methyl sites for hydroxylation is 1. The molecule has 1 aliphatic heterocycles. The van der Waals surface area contributed by atoms with Crippen molar-refractivity contribution in [3.8, 4) is 0 Å². The molecular formula is C12H20N2O2. The lowest BCUT2D eigenvalue weighted by molar-refractivity contribution is 0.0508. The van der Waals surface area contributed by atoms with E-state index in [4.69, 9.17) is 0 Å². The van der Waals surface area contributed by atoms with Gasteiger partial charge in [0, 0.05) is 39.1 Å². The van der Waals surface area contributed by atoms with Gasteiger partial charge in [-0.05, 0) is 24.5 Å². The van der Waals surface area contributed by atoms with Crippen molar-refractivity contribution in [1.82, 2.24) is 9.47 Å². The first-order valence-corrected chi connectivity index (χ1v) is 5.85. The number of aliphatic hydroxyl groups excluding tert-OH is 2. The summed E-state index contributed by atoms with van der Waals surface area (Å²) in [6.45, 7) is 2.42. The van der Waals surface area contributed by atoms with Crippen molar-refractivity contribution in [3.63, 3.8) is 0 Å². The molecule has 2 rings (SSSR count). The fourth-order valence-corrected chi connectivity index (χ4v) is 2.17. The Labute approximate surface area is 96.1 Å². The van der Waals surface area contributed by atoms with E-state index < -0.39 is 6.10 Å². The minimum absolute atomic E-state index is 0.148. The Bertz CT molecular complexity index is 330. The van der Waals surface area contributed by atoms with Crippen molar-refractivity contribution in [2.75, 3.05) is 19.6 Å². The highest BCUT2D eigenvalue weighted by molar-refractivity contribution is 5.13. The van der Waals surface area contributed by atoms with Gasteiger partial charge >= 0.3 is 0 Å². The lowest BCUT2D eigenvalue weighted by atomic mass is 10.1. The average molecular weight is 224 g/mol. The second kappa shape index (κ2) is 4.99. The van der Waals surface area contributed by atoms with Gasteiger partial charge in [-0.2, -0.15) is 0 Å². The number of rotatable bonds is 3. The van der Waals surface area contributed by atoms with E-state index in [0.717, 1.165) is 31.5 Å². The fraction of sp³-hybridized carbons (Fsp3) is 0.667. The van der Waals surface area contributed by atoms with Gasteiger partial charge in [-0.15, -0.1) is 0 Å². The van der Waals surface area contributed by atoms with Crippen molar-refractivity contribution in [2.24, 2.45) is 7.05 Å². The number of nitrogens with zero attached hydrogens (tertiary/aromatic N) is 2. The lowest BCUT2D eigenvalue weighted by Gasteiger charge is -2.30. The van der Waals surface area contributed by atoms with Crippen LogP contribution in [0.4, 0.5) is 0 Å². The average Bonchev–Trinajstić information content (AvgIpc) is 2.68. The van der Waals surface area contributed by atoms with Crippen molar-refractivity contribution < 1.29 is 10.2 Å². The van der Waals surface area contributed by atoms with E-state index in [9.17, 15) is 10.2 Å². The summed E-state index contributed by atoms with van der Waals surface area (Å²) in [5.74, 6) is 0. The van der Waals surface area contributed by atoms with Gasteiger partial charge in [-0.25, -0.2) is 0 Å². The van der Waals surface area contributed by atoms with Gasteiger partial charge in [0.05, 0.1) is 12.2 Å². The number of hydrogen-bond acceptors (Lipinski definition) is 3. The van der Waals surface area contributed by atoms with Crippen LogP contribution < -0.4 is 0 Å². The van der Waals surface area contributed by atoms with Crippen molar-refractivity contribution in [1.29, 1.82) is 0 Å². The molecule has 0 radical (unpaired) electrons. The minimum atomic E-state index is -0.420. The summed E-state index contributed by atoms with van der Waals surface area (Å²) in [5.41, 5.74) is 0.966. The highest BCUT2D eigenvalue weighted by Gasteiger charge is 2.20. The zero-order chi connectivity index (χ0) is 11.5. The summed E-state index contributed by atoms with van der Waals surface area (Å²) < 4.78 is 1.94. The Morgan fingerprint density at radius 2 is 2.12 bits per heavy atom. The minimum Gasteiger partial charge on any atom is -0.393 e. The maximum Gasteiger partial charge on any atom is 0.0931 e. The number of β-amino-alcohol motifs (C(OH)–C–C–N with tert-alkyl or cyclic N) is 1. The maximum absolute atomic E-state index is 10.0. The molecule has 0 amide bonds. The first-order chi connectivity index (χ1) is 7.65. The Morgan fingerprint density at radius 3 is 2.69 bits per heavy atom. The third kappa shape index (κ3) is 2.84. The fourth-order valence-electron chi connectivity index (χ4n) is 2.17. The monoisotopic (exact) mass is 224 g/mol. The molecule has 1 aromatic rings. The molecule has 90 valence electrons. The standard InChI is InChI=1S/C12H20N2O2/c1-13-5-2-10(8-13)12(16)9-14-6-3-11(15)4-7-14/h2,5,8,11-12,15-16H,3-4,6-7,9H2,1H3. The summed E-state index contributed by atoms with van der Waals surface area (Å²) >= 11 is 0. The van der Waals surface area contributed by atoms with Crippen molar-refractivity contribution in [3.05, 3.63) is 24.0 Å². The number of aromatic nitrogens is 1. The molecule has 16 heavy (non-hydrogen) atoms. The van der Waals surface area contributed by atoms with E-state index in [2.05, 4.69) is 4.90 Å². The van der Waals surface area contributed by atoms with E-state index in [-0.39, 0.29) is 6.10 Å². The first-order valence-electron chi connectivity index (χ1n) is 5.85. The Hall–Kier alpha value is -0.840. The summed E-state index contributed by atoms with van der Waals surface area (Å²) in [5, 5.41) is 19.4. The molecule has 1 aliphatic rings. The van der Waals surface area contributed by atoms with Crippen LogP contribution in [0.3, 0.4) is 0 Å². The van der Waals surface area contributed by atoms with Crippen LogP contribution in [0.25, 0.3) is 0 Å². The Morgan fingerprint density at radius 1 is 1.44 bits per heavy atom. The van der Waals surface area contributed by atoms with Crippen LogP contribution in [0, 0.1) is 0 Å². The highest BCUT2D eigenvalue weighted by atomic mass is 16.3. The van der Waals surface area contributed by atoms with Gasteiger partial charge in [0.25, 0.3) is 0 Å². The van der Waals surface area contributed by atoms with Crippen LogP contribution in [-0.4, -0.2) is 45.4 Å². The van der Waals surface area contributed by atoms with Gasteiger partial charge in [0.15, 0.2) is 0 Å². The summed E-state index contributed by atoms with van der Waals surface area (Å²) in [6.07, 6.45) is 4.96. The van der Waals surface area contributed by atoms with E-state index >= 15 is 0 Å². The van der Waals surface area contributed by atoms with Gasteiger partial charge in [-0.1, -0.05) is 0 Å². The topological polar surface area (TPSA) is 48.6 Å². The Balaban J connectivity index is 1.85. The van der Waals surface area contributed by atoms with Crippen LogP contribution in [0.2, 0.25) is 0 Å². The molecule has 0 aromatic carbocycles.